The van der Waals surface area contributed by atoms with Crippen LogP contribution in [0.4, 0.5) is 5.82 Å². The lowest BCUT2D eigenvalue weighted by Gasteiger charge is -2.35. The van der Waals surface area contributed by atoms with Crippen molar-refractivity contribution in [1.82, 2.24) is 24.5 Å². The number of carbonyl (C=O) groups excluding carboxylic acids is 1. The van der Waals surface area contributed by atoms with Gasteiger partial charge in [-0.2, -0.15) is 0 Å². The number of ether oxygens (including phenoxy) is 1. The van der Waals surface area contributed by atoms with Crippen LogP contribution < -0.4 is 4.90 Å². The first-order valence-corrected chi connectivity index (χ1v) is 10.0. The first kappa shape index (κ1) is 16.6. The van der Waals surface area contributed by atoms with Gasteiger partial charge in [0.05, 0.1) is 11.0 Å². The molecule has 27 heavy (non-hydrogen) atoms. The number of nitrogens with zero attached hydrogens (tertiary/aromatic N) is 6. The minimum Gasteiger partial charge on any atom is -0.373 e. The summed E-state index contributed by atoms with van der Waals surface area (Å²) in [4.78, 5) is 23.2. The van der Waals surface area contributed by atoms with Crippen LogP contribution in [-0.2, 0) is 4.74 Å². The van der Waals surface area contributed by atoms with Crippen molar-refractivity contribution in [2.45, 2.75) is 18.9 Å². The number of hydrogen-bond donors (Lipinski definition) is 0. The fourth-order valence-electron chi connectivity index (χ4n) is 3.72. The minimum atomic E-state index is 0.119. The van der Waals surface area contributed by atoms with E-state index in [1.165, 1.54) is 4.88 Å². The Morgan fingerprint density at radius 2 is 2.07 bits per heavy atom. The van der Waals surface area contributed by atoms with Crippen molar-refractivity contribution in [3.05, 3.63) is 40.5 Å². The second-order valence-electron chi connectivity index (χ2n) is 6.79. The highest BCUT2D eigenvalue weighted by molar-refractivity contribution is 7.14. The molecule has 0 aliphatic carbocycles. The number of piperazine rings is 1. The van der Waals surface area contributed by atoms with E-state index in [1.807, 2.05) is 27.5 Å². The molecule has 0 spiro atoms. The van der Waals surface area contributed by atoms with Crippen LogP contribution in [0.1, 0.15) is 33.5 Å². The lowest BCUT2D eigenvalue weighted by Crippen LogP contribution is -2.49. The Morgan fingerprint density at radius 3 is 2.89 bits per heavy atom. The first-order chi connectivity index (χ1) is 13.3. The third kappa shape index (κ3) is 3.06. The van der Waals surface area contributed by atoms with E-state index in [4.69, 9.17) is 4.74 Å². The van der Waals surface area contributed by atoms with E-state index in [-0.39, 0.29) is 12.0 Å². The standard InChI is InChI=1S/C18H20N6O2S/c25-17(15-4-3-14(27-15)13-2-1-11-26-13)23-9-7-22(8-10-23)16-5-6-19-18-21-20-12-24(16)18/h3-6,12-13H,1-2,7-11H2. The predicted octanol–water partition coefficient (Wildman–Crippen LogP) is 2.00. The van der Waals surface area contributed by atoms with E-state index in [9.17, 15) is 4.79 Å². The van der Waals surface area contributed by atoms with E-state index >= 15 is 0 Å². The van der Waals surface area contributed by atoms with Crippen molar-refractivity contribution in [3.8, 4) is 0 Å². The topological polar surface area (TPSA) is 75.9 Å². The molecule has 9 heteroatoms. The molecule has 1 amide bonds. The van der Waals surface area contributed by atoms with Gasteiger partial charge < -0.3 is 14.5 Å². The zero-order chi connectivity index (χ0) is 18.2. The summed E-state index contributed by atoms with van der Waals surface area (Å²) in [5, 5.41) is 7.92. The van der Waals surface area contributed by atoms with Gasteiger partial charge in [-0.05, 0) is 31.0 Å². The average Bonchev–Trinajstić information content (AvgIpc) is 3.48. The van der Waals surface area contributed by atoms with Gasteiger partial charge in [-0.25, -0.2) is 4.98 Å². The normalized spacial score (nSPS) is 20.5. The van der Waals surface area contributed by atoms with Crippen LogP contribution in [0.25, 0.3) is 5.78 Å². The minimum absolute atomic E-state index is 0.119. The van der Waals surface area contributed by atoms with E-state index in [0.717, 1.165) is 43.2 Å². The molecule has 1 atom stereocenters. The van der Waals surface area contributed by atoms with Crippen LogP contribution in [0.2, 0.25) is 0 Å². The summed E-state index contributed by atoms with van der Waals surface area (Å²) in [5.41, 5.74) is 0. The molecule has 140 valence electrons. The molecule has 2 aliphatic rings. The summed E-state index contributed by atoms with van der Waals surface area (Å²) < 4.78 is 7.61. The molecule has 0 N–H and O–H groups in total. The molecule has 2 saturated heterocycles. The summed E-state index contributed by atoms with van der Waals surface area (Å²) >= 11 is 1.57. The van der Waals surface area contributed by atoms with Crippen molar-refractivity contribution in [2.24, 2.45) is 0 Å². The van der Waals surface area contributed by atoms with Gasteiger partial charge in [0.1, 0.15) is 12.1 Å². The molecule has 3 aromatic heterocycles. The summed E-state index contributed by atoms with van der Waals surface area (Å²) in [6, 6.07) is 5.95. The quantitative estimate of drug-likeness (QED) is 0.688. The Bertz CT molecular complexity index is 956. The van der Waals surface area contributed by atoms with Crippen LogP contribution in [-0.4, -0.2) is 63.2 Å². The van der Waals surface area contributed by atoms with Crippen LogP contribution in [0.15, 0.2) is 30.7 Å². The molecule has 2 fully saturated rings. The van der Waals surface area contributed by atoms with Gasteiger partial charge in [-0.3, -0.25) is 9.20 Å². The maximum Gasteiger partial charge on any atom is 0.264 e. The average molecular weight is 384 g/mol. The maximum atomic E-state index is 12.9. The number of amides is 1. The molecule has 1 unspecified atom stereocenters. The highest BCUT2D eigenvalue weighted by atomic mass is 32.1. The Morgan fingerprint density at radius 1 is 1.19 bits per heavy atom. The SMILES string of the molecule is O=C(c1ccc(C2CCCO2)s1)N1CCN(c2ccnc3nncn23)CC1. The predicted molar refractivity (Wildman–Crippen MR) is 101 cm³/mol. The summed E-state index contributed by atoms with van der Waals surface area (Å²) in [6.45, 7) is 3.75. The van der Waals surface area contributed by atoms with E-state index in [2.05, 4.69) is 20.1 Å². The van der Waals surface area contributed by atoms with Gasteiger partial charge in [0, 0.05) is 43.9 Å². The van der Waals surface area contributed by atoms with E-state index in [0.29, 0.717) is 18.9 Å². The summed E-state index contributed by atoms with van der Waals surface area (Å²) in [6.07, 6.45) is 5.74. The number of fused-ring (bicyclic) bond motifs is 1. The van der Waals surface area contributed by atoms with Crippen LogP contribution in [0.5, 0.6) is 0 Å². The zero-order valence-electron chi connectivity index (χ0n) is 14.8. The highest BCUT2D eigenvalue weighted by Gasteiger charge is 2.26. The van der Waals surface area contributed by atoms with Gasteiger partial charge in [-0.1, -0.05) is 0 Å². The van der Waals surface area contributed by atoms with Crippen LogP contribution in [0.3, 0.4) is 0 Å². The largest absolute Gasteiger partial charge is 0.373 e. The number of thiophene rings is 1. The van der Waals surface area contributed by atoms with Gasteiger partial charge in [0.15, 0.2) is 0 Å². The third-order valence-electron chi connectivity index (χ3n) is 5.17. The van der Waals surface area contributed by atoms with E-state index < -0.39 is 0 Å². The molecule has 8 nitrogen and oxygen atoms in total. The number of carbonyl (C=O) groups is 1. The van der Waals surface area contributed by atoms with Gasteiger partial charge in [0.2, 0.25) is 0 Å². The second-order valence-corrected chi connectivity index (χ2v) is 7.90. The fourth-order valence-corrected chi connectivity index (χ4v) is 4.78. The number of anilines is 1. The summed E-state index contributed by atoms with van der Waals surface area (Å²) in [7, 11) is 0. The zero-order valence-corrected chi connectivity index (χ0v) is 15.6. The highest BCUT2D eigenvalue weighted by Crippen LogP contribution is 2.33. The van der Waals surface area contributed by atoms with Gasteiger partial charge in [0.25, 0.3) is 11.7 Å². The van der Waals surface area contributed by atoms with Crippen molar-refractivity contribution in [1.29, 1.82) is 0 Å². The molecular weight excluding hydrogens is 364 g/mol. The Balaban J connectivity index is 1.26. The second kappa shape index (κ2) is 6.90. The van der Waals surface area contributed by atoms with Crippen molar-refractivity contribution in [3.63, 3.8) is 0 Å². The van der Waals surface area contributed by atoms with Crippen molar-refractivity contribution in [2.75, 3.05) is 37.7 Å². The third-order valence-corrected chi connectivity index (χ3v) is 6.33. The number of rotatable bonds is 3. The summed E-state index contributed by atoms with van der Waals surface area (Å²) in [5.74, 6) is 1.72. The number of aromatic nitrogens is 4. The smallest absolute Gasteiger partial charge is 0.264 e. The first-order valence-electron chi connectivity index (χ1n) is 9.20. The fraction of sp³-hybridized carbons (Fsp3) is 0.444. The van der Waals surface area contributed by atoms with Gasteiger partial charge >= 0.3 is 0 Å². The Hall–Kier alpha value is -2.52. The molecule has 0 bridgehead atoms. The molecule has 0 aromatic carbocycles. The molecule has 2 aliphatic heterocycles. The molecule has 5 rings (SSSR count). The maximum absolute atomic E-state index is 12.9. The lowest BCUT2D eigenvalue weighted by atomic mass is 10.2. The van der Waals surface area contributed by atoms with Crippen molar-refractivity contribution >= 4 is 28.8 Å². The van der Waals surface area contributed by atoms with Crippen LogP contribution in [0, 0.1) is 0 Å². The van der Waals surface area contributed by atoms with Gasteiger partial charge in [-0.15, -0.1) is 21.5 Å². The monoisotopic (exact) mass is 384 g/mol. The molecular formula is C18H20N6O2S. The molecule has 0 saturated carbocycles. The molecule has 5 heterocycles. The molecule has 0 radical (unpaired) electrons. The van der Waals surface area contributed by atoms with E-state index in [1.54, 1.807) is 23.9 Å². The molecule has 3 aromatic rings. The number of hydrogen-bond acceptors (Lipinski definition) is 7. The lowest BCUT2D eigenvalue weighted by molar-refractivity contribution is 0.0751. The Kier molecular flexibility index (Phi) is 4.25. The Labute approximate surface area is 160 Å². The van der Waals surface area contributed by atoms with Crippen LogP contribution >= 0.6 is 11.3 Å². The van der Waals surface area contributed by atoms with Crippen molar-refractivity contribution < 1.29 is 9.53 Å².